The van der Waals surface area contributed by atoms with E-state index in [4.69, 9.17) is 9.47 Å². The largest absolute Gasteiger partial charge is 0.378 e. The summed E-state index contributed by atoms with van der Waals surface area (Å²) in [5, 5.41) is 0. The molecule has 0 aliphatic carbocycles. The highest BCUT2D eigenvalue weighted by molar-refractivity contribution is 4.90. The molecule has 2 fully saturated rings. The molecule has 0 radical (unpaired) electrons. The Balaban J connectivity index is 1.99. The first-order chi connectivity index (χ1) is 6.21. The summed E-state index contributed by atoms with van der Waals surface area (Å²) in [4.78, 5) is 0. The van der Waals surface area contributed by atoms with Crippen LogP contribution in [0.3, 0.4) is 0 Å². The summed E-state index contributed by atoms with van der Waals surface area (Å²) in [6.45, 7) is 6.47. The number of ether oxygens (including phenoxy) is 2. The van der Waals surface area contributed by atoms with Crippen LogP contribution in [0, 0.1) is 5.41 Å². The molecule has 2 aliphatic rings. The van der Waals surface area contributed by atoms with Crippen molar-refractivity contribution in [2.75, 3.05) is 13.2 Å². The fourth-order valence-corrected chi connectivity index (χ4v) is 2.54. The third-order valence-electron chi connectivity index (χ3n) is 3.52. The van der Waals surface area contributed by atoms with Crippen molar-refractivity contribution in [3.63, 3.8) is 0 Å². The Morgan fingerprint density at radius 3 is 1.69 bits per heavy atom. The summed E-state index contributed by atoms with van der Waals surface area (Å²) in [5.41, 5.74) is 0.215. The van der Waals surface area contributed by atoms with Gasteiger partial charge in [-0.15, -0.1) is 0 Å². The molecule has 0 bridgehead atoms. The van der Waals surface area contributed by atoms with E-state index >= 15 is 0 Å². The van der Waals surface area contributed by atoms with Gasteiger partial charge in [-0.05, 0) is 25.7 Å². The van der Waals surface area contributed by atoms with Gasteiger partial charge in [0.2, 0.25) is 0 Å². The van der Waals surface area contributed by atoms with Crippen LogP contribution in [0.4, 0.5) is 0 Å². The first-order valence-corrected chi connectivity index (χ1v) is 5.44. The van der Waals surface area contributed by atoms with E-state index in [1.54, 1.807) is 0 Å². The second-order valence-corrected chi connectivity index (χ2v) is 4.82. The normalized spacial score (nSPS) is 35.5. The standard InChI is InChI=1S/C11H20O2/c1-11(2,9-5-3-7-12-9)10-6-4-8-13-10/h9-10H,3-8H2,1-2H3/t9-,10-/m0/s1. The average Bonchev–Trinajstić information content (AvgIpc) is 2.78. The lowest BCUT2D eigenvalue weighted by Gasteiger charge is -2.35. The van der Waals surface area contributed by atoms with Crippen LogP contribution in [0.1, 0.15) is 39.5 Å². The molecule has 76 valence electrons. The average molecular weight is 184 g/mol. The fraction of sp³-hybridized carbons (Fsp3) is 1.00. The van der Waals surface area contributed by atoms with Crippen molar-refractivity contribution in [1.29, 1.82) is 0 Å². The summed E-state index contributed by atoms with van der Waals surface area (Å²) in [6.07, 6.45) is 5.73. The van der Waals surface area contributed by atoms with Crippen molar-refractivity contribution in [3.8, 4) is 0 Å². The van der Waals surface area contributed by atoms with Crippen molar-refractivity contribution in [3.05, 3.63) is 0 Å². The van der Waals surface area contributed by atoms with Crippen LogP contribution in [-0.2, 0) is 9.47 Å². The van der Waals surface area contributed by atoms with E-state index in [1.807, 2.05) is 0 Å². The van der Waals surface area contributed by atoms with Gasteiger partial charge >= 0.3 is 0 Å². The Hall–Kier alpha value is -0.0800. The molecule has 2 heteroatoms. The smallest absolute Gasteiger partial charge is 0.0651 e. The van der Waals surface area contributed by atoms with Gasteiger partial charge in [0.05, 0.1) is 12.2 Å². The summed E-state index contributed by atoms with van der Waals surface area (Å²) in [7, 11) is 0. The molecular formula is C11H20O2. The lowest BCUT2D eigenvalue weighted by atomic mass is 9.78. The molecule has 13 heavy (non-hydrogen) atoms. The van der Waals surface area contributed by atoms with Gasteiger partial charge in [-0.1, -0.05) is 13.8 Å². The molecular weight excluding hydrogens is 164 g/mol. The molecule has 2 nitrogen and oxygen atoms in total. The minimum absolute atomic E-state index is 0.215. The third-order valence-corrected chi connectivity index (χ3v) is 3.52. The van der Waals surface area contributed by atoms with Crippen molar-refractivity contribution in [1.82, 2.24) is 0 Å². The van der Waals surface area contributed by atoms with Crippen LogP contribution in [-0.4, -0.2) is 25.4 Å². The van der Waals surface area contributed by atoms with E-state index in [1.165, 1.54) is 25.7 Å². The van der Waals surface area contributed by atoms with Gasteiger partial charge in [0.25, 0.3) is 0 Å². The molecule has 2 heterocycles. The topological polar surface area (TPSA) is 18.5 Å². The van der Waals surface area contributed by atoms with Gasteiger partial charge in [-0.25, -0.2) is 0 Å². The van der Waals surface area contributed by atoms with Gasteiger partial charge in [-0.3, -0.25) is 0 Å². The Morgan fingerprint density at radius 1 is 0.923 bits per heavy atom. The van der Waals surface area contributed by atoms with E-state index in [-0.39, 0.29) is 5.41 Å². The molecule has 2 saturated heterocycles. The quantitative estimate of drug-likeness (QED) is 0.656. The molecule has 0 aromatic rings. The van der Waals surface area contributed by atoms with E-state index in [2.05, 4.69) is 13.8 Å². The summed E-state index contributed by atoms with van der Waals surface area (Å²) < 4.78 is 11.5. The molecule has 0 N–H and O–H groups in total. The maximum absolute atomic E-state index is 5.75. The van der Waals surface area contributed by atoms with Crippen LogP contribution in [0.2, 0.25) is 0 Å². The van der Waals surface area contributed by atoms with Crippen molar-refractivity contribution < 1.29 is 9.47 Å². The van der Waals surface area contributed by atoms with Crippen LogP contribution in [0.25, 0.3) is 0 Å². The second-order valence-electron chi connectivity index (χ2n) is 4.82. The zero-order chi connectivity index (χ0) is 9.31. The van der Waals surface area contributed by atoms with Gasteiger partial charge in [0.1, 0.15) is 0 Å². The molecule has 0 spiro atoms. The van der Waals surface area contributed by atoms with Crippen LogP contribution in [0.5, 0.6) is 0 Å². The molecule has 2 atom stereocenters. The first-order valence-electron chi connectivity index (χ1n) is 5.44. The molecule has 0 aromatic carbocycles. The molecule has 0 aromatic heterocycles. The minimum atomic E-state index is 0.215. The predicted octanol–water partition coefficient (Wildman–Crippen LogP) is 2.37. The third kappa shape index (κ3) is 1.75. The molecule has 0 amide bonds. The van der Waals surface area contributed by atoms with Crippen molar-refractivity contribution in [2.24, 2.45) is 5.41 Å². The number of hydrogen-bond acceptors (Lipinski definition) is 2. The predicted molar refractivity (Wildman–Crippen MR) is 51.7 cm³/mol. The van der Waals surface area contributed by atoms with Gasteiger partial charge < -0.3 is 9.47 Å². The summed E-state index contributed by atoms with van der Waals surface area (Å²) in [6, 6.07) is 0. The molecule has 0 unspecified atom stereocenters. The number of rotatable bonds is 2. The molecule has 0 saturated carbocycles. The van der Waals surface area contributed by atoms with Crippen molar-refractivity contribution in [2.45, 2.75) is 51.7 Å². The van der Waals surface area contributed by atoms with E-state index < -0.39 is 0 Å². The SMILES string of the molecule is CC(C)([C@@H]1CCCO1)[C@@H]1CCCO1. The Kier molecular flexibility index (Phi) is 2.61. The van der Waals surface area contributed by atoms with Gasteiger partial charge in [0.15, 0.2) is 0 Å². The monoisotopic (exact) mass is 184 g/mol. The highest BCUT2D eigenvalue weighted by atomic mass is 16.5. The summed E-state index contributed by atoms with van der Waals surface area (Å²) >= 11 is 0. The Morgan fingerprint density at radius 2 is 1.38 bits per heavy atom. The van der Waals surface area contributed by atoms with E-state index in [0.29, 0.717) is 12.2 Å². The van der Waals surface area contributed by atoms with Gasteiger partial charge in [-0.2, -0.15) is 0 Å². The minimum Gasteiger partial charge on any atom is -0.378 e. The highest BCUT2D eigenvalue weighted by Gasteiger charge is 2.41. The lowest BCUT2D eigenvalue weighted by molar-refractivity contribution is -0.0681. The molecule has 2 aliphatic heterocycles. The first kappa shape index (κ1) is 9.47. The van der Waals surface area contributed by atoms with Crippen LogP contribution < -0.4 is 0 Å². The maximum atomic E-state index is 5.75. The Bertz CT molecular complexity index is 147. The Labute approximate surface area is 80.6 Å². The summed E-state index contributed by atoms with van der Waals surface area (Å²) in [5.74, 6) is 0. The lowest BCUT2D eigenvalue weighted by Crippen LogP contribution is -2.39. The fourth-order valence-electron chi connectivity index (χ4n) is 2.54. The zero-order valence-corrected chi connectivity index (χ0v) is 8.71. The number of hydrogen-bond donors (Lipinski definition) is 0. The zero-order valence-electron chi connectivity index (χ0n) is 8.71. The molecule has 2 rings (SSSR count). The highest BCUT2D eigenvalue weighted by Crippen LogP contribution is 2.39. The second kappa shape index (κ2) is 3.58. The maximum Gasteiger partial charge on any atom is 0.0651 e. The van der Waals surface area contributed by atoms with E-state index in [9.17, 15) is 0 Å². The van der Waals surface area contributed by atoms with Crippen LogP contribution >= 0.6 is 0 Å². The van der Waals surface area contributed by atoms with E-state index in [0.717, 1.165) is 13.2 Å². The van der Waals surface area contributed by atoms with Crippen molar-refractivity contribution >= 4 is 0 Å². The van der Waals surface area contributed by atoms with Crippen LogP contribution in [0.15, 0.2) is 0 Å². The van der Waals surface area contributed by atoms with Gasteiger partial charge in [0, 0.05) is 18.6 Å².